The van der Waals surface area contributed by atoms with Crippen molar-refractivity contribution in [2.75, 3.05) is 11.5 Å². The molecular weight excluding hydrogens is 240 g/mol. The van der Waals surface area contributed by atoms with Crippen molar-refractivity contribution < 1.29 is 14.8 Å². The van der Waals surface area contributed by atoms with Crippen molar-refractivity contribution in [3.05, 3.63) is 35.3 Å². The van der Waals surface area contributed by atoms with Crippen LogP contribution in [0.1, 0.15) is 5.76 Å². The van der Waals surface area contributed by atoms with Crippen molar-refractivity contribution in [2.24, 2.45) is 4.99 Å². The Balaban J connectivity index is 2.58. The highest BCUT2D eigenvalue weighted by Crippen LogP contribution is 2.03. The molecule has 0 amide bonds. The van der Waals surface area contributed by atoms with E-state index in [2.05, 4.69) is 4.99 Å². The third kappa shape index (κ3) is 1.77. The summed E-state index contributed by atoms with van der Waals surface area (Å²) < 4.78 is 5.77. The van der Waals surface area contributed by atoms with E-state index in [4.69, 9.17) is 21.3 Å². The highest BCUT2D eigenvalue weighted by Gasteiger charge is 2.09. The molecule has 2 rings (SSSR count). The minimum atomic E-state index is -0.462. The number of nitrogens with zero attached hydrogens (tertiary/aromatic N) is 3. The third-order valence-electron chi connectivity index (χ3n) is 2.31. The molecule has 0 aliphatic carbocycles. The minimum absolute atomic E-state index is 0.0664. The molecule has 9 nitrogen and oxygen atoms in total. The molecule has 96 valence electrons. The molecular formula is C9H12N6O3. The molecule has 0 unspecified atom stereocenters. The summed E-state index contributed by atoms with van der Waals surface area (Å²) in [6, 6.07) is 3.35. The summed E-state index contributed by atoms with van der Waals surface area (Å²) in [5.74, 6) is 0.250. The smallest absolute Gasteiger partial charge is 0.276 e. The second kappa shape index (κ2) is 4.20. The molecule has 0 atom stereocenters. The standard InChI is InChI=1S/C9H12N6O3/c10-6-7(11)14(16)9(15(17)8(6)12)13-4-5-2-1-3-18-5/h1-3,11,16-17H,4,10,12H2. The Labute approximate surface area is 100 Å². The van der Waals surface area contributed by atoms with Crippen molar-refractivity contribution in [1.29, 1.82) is 5.41 Å². The Hall–Kier alpha value is -2.84. The number of rotatable bonds is 2. The summed E-state index contributed by atoms with van der Waals surface area (Å²) in [4.78, 5) is 3.89. The van der Waals surface area contributed by atoms with Crippen LogP contribution in [0.2, 0.25) is 0 Å². The number of nitrogens with one attached hydrogen (secondary N) is 1. The second-order valence-corrected chi connectivity index (χ2v) is 3.47. The van der Waals surface area contributed by atoms with Gasteiger partial charge < -0.3 is 26.3 Å². The van der Waals surface area contributed by atoms with Gasteiger partial charge in [0.1, 0.15) is 18.0 Å². The Morgan fingerprint density at radius 2 is 2.06 bits per heavy atom. The Morgan fingerprint density at radius 3 is 2.67 bits per heavy atom. The summed E-state index contributed by atoms with van der Waals surface area (Å²) in [5.41, 5.74) is 9.82. The Kier molecular flexibility index (Phi) is 2.72. The van der Waals surface area contributed by atoms with Crippen LogP contribution in [-0.2, 0) is 6.54 Å². The maximum absolute atomic E-state index is 9.64. The molecule has 0 saturated carbocycles. The lowest BCUT2D eigenvalue weighted by Gasteiger charge is -2.09. The molecule has 0 aromatic carbocycles. The first-order valence-corrected chi connectivity index (χ1v) is 4.91. The van der Waals surface area contributed by atoms with E-state index < -0.39 is 5.49 Å². The van der Waals surface area contributed by atoms with E-state index in [1.807, 2.05) is 0 Å². The van der Waals surface area contributed by atoms with Gasteiger partial charge in [0.2, 0.25) is 0 Å². The minimum Gasteiger partial charge on any atom is -0.467 e. The van der Waals surface area contributed by atoms with Crippen LogP contribution in [0.5, 0.6) is 0 Å². The van der Waals surface area contributed by atoms with E-state index in [0.29, 0.717) is 15.2 Å². The highest BCUT2D eigenvalue weighted by molar-refractivity contribution is 5.55. The van der Waals surface area contributed by atoms with Crippen LogP contribution in [0.15, 0.2) is 27.8 Å². The summed E-state index contributed by atoms with van der Waals surface area (Å²) in [5, 5.41) is 26.7. The van der Waals surface area contributed by atoms with E-state index in [-0.39, 0.29) is 23.7 Å². The van der Waals surface area contributed by atoms with Crippen LogP contribution in [0.25, 0.3) is 0 Å². The van der Waals surface area contributed by atoms with Gasteiger partial charge in [0.25, 0.3) is 5.62 Å². The zero-order valence-electron chi connectivity index (χ0n) is 9.24. The van der Waals surface area contributed by atoms with Crippen LogP contribution < -0.4 is 22.6 Å². The Morgan fingerprint density at radius 1 is 1.33 bits per heavy atom. The van der Waals surface area contributed by atoms with Crippen LogP contribution in [-0.4, -0.2) is 19.9 Å². The van der Waals surface area contributed by atoms with Crippen molar-refractivity contribution in [2.45, 2.75) is 6.54 Å². The molecule has 0 radical (unpaired) electrons. The molecule has 0 fully saturated rings. The fourth-order valence-electron chi connectivity index (χ4n) is 1.33. The van der Waals surface area contributed by atoms with Gasteiger partial charge in [-0.1, -0.05) is 0 Å². The van der Waals surface area contributed by atoms with Crippen LogP contribution in [0.3, 0.4) is 0 Å². The quantitative estimate of drug-likeness (QED) is 0.438. The molecule has 0 aliphatic heterocycles. The third-order valence-corrected chi connectivity index (χ3v) is 2.31. The predicted octanol–water partition coefficient (Wildman–Crippen LogP) is -0.898. The van der Waals surface area contributed by atoms with Gasteiger partial charge in [-0.15, -0.1) is 9.46 Å². The van der Waals surface area contributed by atoms with Gasteiger partial charge in [-0.2, -0.15) is 0 Å². The van der Waals surface area contributed by atoms with Gasteiger partial charge in [-0.3, -0.25) is 5.41 Å². The van der Waals surface area contributed by atoms with Crippen molar-refractivity contribution in [1.82, 2.24) is 9.46 Å². The van der Waals surface area contributed by atoms with Gasteiger partial charge >= 0.3 is 0 Å². The number of aromatic nitrogens is 2. The highest BCUT2D eigenvalue weighted by atomic mass is 16.5. The van der Waals surface area contributed by atoms with E-state index in [9.17, 15) is 10.4 Å². The van der Waals surface area contributed by atoms with Crippen molar-refractivity contribution in [3.63, 3.8) is 0 Å². The number of anilines is 2. The number of furan rings is 1. The monoisotopic (exact) mass is 252 g/mol. The zero-order valence-corrected chi connectivity index (χ0v) is 9.24. The molecule has 0 bridgehead atoms. The summed E-state index contributed by atoms with van der Waals surface area (Å²) >= 11 is 0. The first-order chi connectivity index (χ1) is 8.52. The molecule has 0 aliphatic rings. The molecule has 0 spiro atoms. The van der Waals surface area contributed by atoms with Crippen LogP contribution in [0.4, 0.5) is 11.5 Å². The molecule has 2 heterocycles. The van der Waals surface area contributed by atoms with Crippen molar-refractivity contribution >= 4 is 11.5 Å². The predicted molar refractivity (Wildman–Crippen MR) is 59.4 cm³/mol. The number of nitrogens with two attached hydrogens (primary N) is 2. The molecule has 7 N–H and O–H groups in total. The fourth-order valence-corrected chi connectivity index (χ4v) is 1.33. The topological polar surface area (TPSA) is 152 Å². The molecule has 18 heavy (non-hydrogen) atoms. The molecule has 0 saturated heterocycles. The summed E-state index contributed by atoms with van der Waals surface area (Å²) in [6.07, 6.45) is 1.47. The first kappa shape index (κ1) is 11.6. The second-order valence-electron chi connectivity index (χ2n) is 3.47. The molecule has 2 aromatic heterocycles. The summed E-state index contributed by atoms with van der Waals surface area (Å²) in [6.45, 7) is 0.0664. The van der Waals surface area contributed by atoms with E-state index >= 15 is 0 Å². The average Bonchev–Trinajstić information content (AvgIpc) is 2.87. The van der Waals surface area contributed by atoms with Crippen LogP contribution >= 0.6 is 0 Å². The van der Waals surface area contributed by atoms with Crippen molar-refractivity contribution in [3.8, 4) is 0 Å². The SMILES string of the molecule is N=c1c(N)c(N)n(O)c(=NCc2ccco2)n1O. The lowest BCUT2D eigenvalue weighted by atomic mass is 10.4. The summed E-state index contributed by atoms with van der Waals surface area (Å²) in [7, 11) is 0. The van der Waals surface area contributed by atoms with Crippen LogP contribution in [0, 0.1) is 5.41 Å². The Bertz CT molecular complexity index is 682. The van der Waals surface area contributed by atoms with Gasteiger partial charge in [0.05, 0.1) is 6.26 Å². The number of nitrogen functional groups attached to an aromatic ring is 2. The molecule has 2 aromatic rings. The van der Waals surface area contributed by atoms with E-state index in [1.54, 1.807) is 12.1 Å². The maximum atomic E-state index is 9.64. The largest absolute Gasteiger partial charge is 0.467 e. The number of hydrogen-bond acceptors (Lipinski definition) is 7. The lowest BCUT2D eigenvalue weighted by molar-refractivity contribution is 0.0983. The zero-order chi connectivity index (χ0) is 13.3. The average molecular weight is 252 g/mol. The maximum Gasteiger partial charge on any atom is 0.276 e. The number of hydrogen-bond donors (Lipinski definition) is 5. The normalized spacial score (nSPS) is 11.9. The van der Waals surface area contributed by atoms with E-state index in [1.165, 1.54) is 6.26 Å². The van der Waals surface area contributed by atoms with Gasteiger partial charge in [-0.05, 0) is 12.1 Å². The van der Waals surface area contributed by atoms with Gasteiger partial charge in [0.15, 0.2) is 11.3 Å². The first-order valence-electron chi connectivity index (χ1n) is 4.91. The van der Waals surface area contributed by atoms with Gasteiger partial charge in [-0.25, -0.2) is 4.99 Å². The van der Waals surface area contributed by atoms with E-state index in [0.717, 1.165) is 0 Å². The molecule has 9 heteroatoms. The van der Waals surface area contributed by atoms with Gasteiger partial charge in [0, 0.05) is 0 Å². The fraction of sp³-hybridized carbons (Fsp3) is 0.111. The lowest BCUT2D eigenvalue weighted by Crippen LogP contribution is -2.41.